The fraction of sp³-hybridized carbons (Fsp3) is 0.455. The Hall–Kier alpha value is -0.930. The van der Waals surface area contributed by atoms with Gasteiger partial charge in [0.05, 0.1) is 16.4 Å². The van der Waals surface area contributed by atoms with Crippen molar-refractivity contribution >= 4 is 23.0 Å². The molecule has 0 fully saturated rings. The SMILES string of the molecule is COCCCNc1c(N)cc(C)cc1Cl. The second-order valence-corrected chi connectivity index (χ2v) is 3.89. The largest absolute Gasteiger partial charge is 0.397 e. The van der Waals surface area contributed by atoms with Crippen LogP contribution in [-0.2, 0) is 4.74 Å². The number of aryl methyl sites for hydroxylation is 1. The van der Waals surface area contributed by atoms with Crippen molar-refractivity contribution in [3.05, 3.63) is 22.7 Å². The third-order valence-corrected chi connectivity index (χ3v) is 2.39. The maximum Gasteiger partial charge on any atom is 0.0763 e. The Bertz CT molecular complexity index is 305. The van der Waals surface area contributed by atoms with Gasteiger partial charge >= 0.3 is 0 Å². The molecule has 3 N–H and O–H groups in total. The Morgan fingerprint density at radius 3 is 2.80 bits per heavy atom. The van der Waals surface area contributed by atoms with Gasteiger partial charge < -0.3 is 15.8 Å². The highest BCUT2D eigenvalue weighted by Gasteiger charge is 2.04. The molecule has 0 unspecified atom stereocenters. The van der Waals surface area contributed by atoms with Gasteiger partial charge in [-0.05, 0) is 31.0 Å². The third-order valence-electron chi connectivity index (χ3n) is 2.09. The van der Waals surface area contributed by atoms with Crippen molar-refractivity contribution in [3.63, 3.8) is 0 Å². The molecule has 0 radical (unpaired) electrons. The maximum atomic E-state index is 6.07. The molecule has 0 atom stereocenters. The number of nitrogens with two attached hydrogens (primary N) is 1. The van der Waals surface area contributed by atoms with Crippen molar-refractivity contribution in [2.24, 2.45) is 0 Å². The normalized spacial score (nSPS) is 10.3. The van der Waals surface area contributed by atoms with Crippen molar-refractivity contribution in [2.75, 3.05) is 31.3 Å². The fourth-order valence-corrected chi connectivity index (χ4v) is 1.73. The highest BCUT2D eigenvalue weighted by molar-refractivity contribution is 6.34. The summed E-state index contributed by atoms with van der Waals surface area (Å²) in [5.74, 6) is 0. The molecule has 4 heteroatoms. The van der Waals surface area contributed by atoms with E-state index in [0.717, 1.165) is 30.8 Å². The van der Waals surface area contributed by atoms with Crippen LogP contribution in [0.15, 0.2) is 12.1 Å². The summed E-state index contributed by atoms with van der Waals surface area (Å²) in [6, 6.07) is 3.81. The minimum Gasteiger partial charge on any atom is -0.397 e. The van der Waals surface area contributed by atoms with E-state index in [9.17, 15) is 0 Å². The molecular formula is C11H17ClN2O. The number of nitrogens with one attached hydrogen (secondary N) is 1. The first-order chi connectivity index (χ1) is 7.15. The molecule has 3 nitrogen and oxygen atoms in total. The van der Waals surface area contributed by atoms with Crippen LogP contribution in [0.2, 0.25) is 5.02 Å². The Labute approximate surface area is 95.6 Å². The number of methoxy groups -OCH3 is 1. The fourth-order valence-electron chi connectivity index (χ4n) is 1.39. The van der Waals surface area contributed by atoms with Gasteiger partial charge in [0.2, 0.25) is 0 Å². The number of hydrogen-bond acceptors (Lipinski definition) is 3. The molecule has 0 aromatic heterocycles. The van der Waals surface area contributed by atoms with E-state index in [1.165, 1.54) is 0 Å². The highest BCUT2D eigenvalue weighted by atomic mass is 35.5. The molecular weight excluding hydrogens is 212 g/mol. The number of benzene rings is 1. The van der Waals surface area contributed by atoms with E-state index in [0.29, 0.717) is 10.7 Å². The third kappa shape index (κ3) is 3.61. The van der Waals surface area contributed by atoms with Crippen LogP contribution in [0.5, 0.6) is 0 Å². The number of halogens is 1. The second-order valence-electron chi connectivity index (χ2n) is 3.48. The predicted octanol–water partition coefficient (Wildman–Crippen LogP) is 2.68. The van der Waals surface area contributed by atoms with Crippen LogP contribution in [0.25, 0.3) is 0 Å². The average molecular weight is 229 g/mol. The summed E-state index contributed by atoms with van der Waals surface area (Å²) in [5, 5.41) is 3.88. The van der Waals surface area contributed by atoms with E-state index in [1.807, 2.05) is 19.1 Å². The van der Waals surface area contributed by atoms with Gasteiger partial charge in [-0.2, -0.15) is 0 Å². The lowest BCUT2D eigenvalue weighted by Gasteiger charge is -2.11. The lowest BCUT2D eigenvalue weighted by molar-refractivity contribution is 0.198. The Kier molecular flexibility index (Phi) is 4.72. The van der Waals surface area contributed by atoms with Gasteiger partial charge in [-0.25, -0.2) is 0 Å². The molecule has 1 aromatic carbocycles. The molecule has 1 aromatic rings. The van der Waals surface area contributed by atoms with Gasteiger partial charge in [0.1, 0.15) is 0 Å². The quantitative estimate of drug-likeness (QED) is 0.602. The van der Waals surface area contributed by atoms with Crippen LogP contribution in [0.3, 0.4) is 0 Å². The molecule has 0 heterocycles. The van der Waals surface area contributed by atoms with Crippen LogP contribution in [0.4, 0.5) is 11.4 Å². The molecule has 84 valence electrons. The zero-order valence-corrected chi connectivity index (χ0v) is 9.90. The minimum atomic E-state index is 0.671. The summed E-state index contributed by atoms with van der Waals surface area (Å²) in [4.78, 5) is 0. The number of ether oxygens (including phenoxy) is 1. The van der Waals surface area contributed by atoms with Gasteiger partial charge in [-0.15, -0.1) is 0 Å². The lowest BCUT2D eigenvalue weighted by atomic mass is 10.2. The van der Waals surface area contributed by atoms with Gasteiger partial charge in [0.15, 0.2) is 0 Å². The summed E-state index contributed by atoms with van der Waals surface area (Å²) in [6.07, 6.45) is 0.931. The van der Waals surface area contributed by atoms with Crippen molar-refractivity contribution in [3.8, 4) is 0 Å². The first-order valence-corrected chi connectivity index (χ1v) is 5.31. The lowest BCUT2D eigenvalue weighted by Crippen LogP contribution is -2.07. The zero-order valence-electron chi connectivity index (χ0n) is 9.14. The smallest absolute Gasteiger partial charge is 0.0763 e. The summed E-state index contributed by atoms with van der Waals surface area (Å²) >= 11 is 6.07. The first kappa shape index (κ1) is 12.1. The molecule has 15 heavy (non-hydrogen) atoms. The summed E-state index contributed by atoms with van der Waals surface area (Å²) in [6.45, 7) is 3.51. The van der Waals surface area contributed by atoms with E-state index in [2.05, 4.69) is 5.32 Å². The molecule has 0 aliphatic rings. The van der Waals surface area contributed by atoms with Crippen molar-refractivity contribution < 1.29 is 4.74 Å². The van der Waals surface area contributed by atoms with Gasteiger partial charge in [-0.1, -0.05) is 11.6 Å². The van der Waals surface area contributed by atoms with E-state index in [1.54, 1.807) is 7.11 Å². The van der Waals surface area contributed by atoms with E-state index < -0.39 is 0 Å². The Balaban J connectivity index is 2.60. The van der Waals surface area contributed by atoms with Gasteiger partial charge in [0, 0.05) is 20.3 Å². The standard InChI is InChI=1S/C11H17ClN2O/c1-8-6-9(12)11(10(13)7-8)14-4-3-5-15-2/h6-7,14H,3-5,13H2,1-2H3. The molecule has 0 saturated heterocycles. The van der Waals surface area contributed by atoms with E-state index in [-0.39, 0.29) is 0 Å². The number of nitrogen functional groups attached to an aromatic ring is 1. The topological polar surface area (TPSA) is 47.3 Å². The maximum absolute atomic E-state index is 6.07. The van der Waals surface area contributed by atoms with E-state index in [4.69, 9.17) is 22.1 Å². The zero-order chi connectivity index (χ0) is 11.3. The van der Waals surface area contributed by atoms with Crippen LogP contribution in [0.1, 0.15) is 12.0 Å². The molecule has 0 amide bonds. The Morgan fingerprint density at radius 2 is 2.20 bits per heavy atom. The Morgan fingerprint density at radius 1 is 1.47 bits per heavy atom. The van der Waals surface area contributed by atoms with Crippen molar-refractivity contribution in [1.29, 1.82) is 0 Å². The monoisotopic (exact) mass is 228 g/mol. The highest BCUT2D eigenvalue weighted by Crippen LogP contribution is 2.29. The predicted molar refractivity (Wildman–Crippen MR) is 65.6 cm³/mol. The molecule has 0 spiro atoms. The molecule has 0 saturated carbocycles. The summed E-state index contributed by atoms with van der Waals surface area (Å²) in [7, 11) is 1.69. The minimum absolute atomic E-state index is 0.671. The number of hydrogen-bond donors (Lipinski definition) is 2. The number of anilines is 2. The molecule has 0 bridgehead atoms. The van der Waals surface area contributed by atoms with E-state index >= 15 is 0 Å². The van der Waals surface area contributed by atoms with Crippen molar-refractivity contribution in [2.45, 2.75) is 13.3 Å². The molecule has 1 rings (SSSR count). The van der Waals surface area contributed by atoms with Crippen LogP contribution in [-0.4, -0.2) is 20.3 Å². The van der Waals surface area contributed by atoms with Crippen LogP contribution >= 0.6 is 11.6 Å². The first-order valence-electron chi connectivity index (χ1n) is 4.93. The number of rotatable bonds is 5. The second kappa shape index (κ2) is 5.83. The summed E-state index contributed by atoms with van der Waals surface area (Å²) in [5.41, 5.74) is 8.44. The van der Waals surface area contributed by atoms with Crippen molar-refractivity contribution in [1.82, 2.24) is 0 Å². The molecule has 0 aliphatic carbocycles. The van der Waals surface area contributed by atoms with Crippen LogP contribution < -0.4 is 11.1 Å². The molecule has 0 aliphatic heterocycles. The summed E-state index contributed by atoms with van der Waals surface area (Å²) < 4.78 is 4.96. The average Bonchev–Trinajstić information content (AvgIpc) is 2.15. The van der Waals surface area contributed by atoms with Gasteiger partial charge in [0.25, 0.3) is 0 Å². The van der Waals surface area contributed by atoms with Gasteiger partial charge in [-0.3, -0.25) is 0 Å². The van der Waals surface area contributed by atoms with Crippen LogP contribution in [0, 0.1) is 6.92 Å².